The molecule has 0 radical (unpaired) electrons. The van der Waals surface area contributed by atoms with Crippen LogP contribution in [0.5, 0.6) is 11.5 Å². The third-order valence-electron chi connectivity index (χ3n) is 3.20. The molecule has 106 valence electrons. The Bertz CT molecular complexity index is 450. The Morgan fingerprint density at radius 3 is 2.74 bits per heavy atom. The molecule has 2 atom stereocenters. The van der Waals surface area contributed by atoms with Gasteiger partial charge in [-0.25, -0.2) is 0 Å². The Labute approximate surface area is 116 Å². The van der Waals surface area contributed by atoms with Gasteiger partial charge in [-0.1, -0.05) is 13.0 Å². The van der Waals surface area contributed by atoms with E-state index >= 15 is 0 Å². The lowest BCUT2D eigenvalue weighted by Crippen LogP contribution is -2.23. The lowest BCUT2D eigenvalue weighted by atomic mass is 10.1. The van der Waals surface area contributed by atoms with Crippen molar-refractivity contribution >= 4 is 10.8 Å². The third kappa shape index (κ3) is 3.70. The molecule has 1 N–H and O–H groups in total. The minimum Gasteiger partial charge on any atom is -0.490 e. The van der Waals surface area contributed by atoms with Crippen LogP contribution in [0.2, 0.25) is 0 Å². The predicted octanol–water partition coefficient (Wildman–Crippen LogP) is 1.88. The lowest BCUT2D eigenvalue weighted by Gasteiger charge is -2.17. The highest BCUT2D eigenvalue weighted by molar-refractivity contribution is 7.84. The molecule has 0 spiro atoms. The predicted molar refractivity (Wildman–Crippen MR) is 77.4 cm³/mol. The molecule has 4 nitrogen and oxygen atoms in total. The second-order valence-corrected chi connectivity index (χ2v) is 6.28. The second-order valence-electron chi connectivity index (χ2n) is 4.49. The SMILES string of the molecule is CCS(=O)CC(NC)c1ccc2c(c1)OCCCO2. The van der Waals surface area contributed by atoms with Gasteiger partial charge in [-0.05, 0) is 24.7 Å². The molecule has 1 aromatic carbocycles. The number of nitrogens with one attached hydrogen (secondary N) is 1. The maximum absolute atomic E-state index is 11.7. The molecule has 2 rings (SSSR count). The van der Waals surface area contributed by atoms with Crippen LogP contribution in [0.1, 0.15) is 24.9 Å². The van der Waals surface area contributed by atoms with Crippen molar-refractivity contribution in [1.82, 2.24) is 5.32 Å². The second kappa shape index (κ2) is 6.91. The number of hydrogen-bond acceptors (Lipinski definition) is 4. The Hall–Kier alpha value is -1.07. The van der Waals surface area contributed by atoms with Crippen LogP contribution in [-0.4, -0.2) is 36.0 Å². The Morgan fingerprint density at radius 1 is 1.32 bits per heavy atom. The zero-order valence-corrected chi connectivity index (χ0v) is 12.3. The van der Waals surface area contributed by atoms with Gasteiger partial charge >= 0.3 is 0 Å². The van der Waals surface area contributed by atoms with Crippen LogP contribution in [-0.2, 0) is 10.8 Å². The van der Waals surface area contributed by atoms with Gasteiger partial charge in [0.1, 0.15) is 0 Å². The van der Waals surface area contributed by atoms with Crippen molar-refractivity contribution in [2.45, 2.75) is 19.4 Å². The number of rotatable bonds is 5. The fraction of sp³-hybridized carbons (Fsp3) is 0.571. The molecule has 1 aliphatic rings. The molecule has 0 saturated carbocycles. The normalized spacial score (nSPS) is 17.6. The smallest absolute Gasteiger partial charge is 0.161 e. The Morgan fingerprint density at radius 2 is 2.05 bits per heavy atom. The van der Waals surface area contributed by atoms with Crippen molar-refractivity contribution in [3.05, 3.63) is 23.8 Å². The zero-order chi connectivity index (χ0) is 13.7. The number of hydrogen-bond donors (Lipinski definition) is 1. The van der Waals surface area contributed by atoms with Gasteiger partial charge in [-0.2, -0.15) is 0 Å². The minimum absolute atomic E-state index is 0.0814. The van der Waals surface area contributed by atoms with E-state index in [-0.39, 0.29) is 6.04 Å². The molecule has 0 fully saturated rings. The Kier molecular flexibility index (Phi) is 5.22. The minimum atomic E-state index is -0.797. The average Bonchev–Trinajstić information content (AvgIpc) is 2.68. The summed E-state index contributed by atoms with van der Waals surface area (Å²) in [6, 6.07) is 6.03. The highest BCUT2D eigenvalue weighted by atomic mass is 32.2. The molecule has 1 heterocycles. The summed E-state index contributed by atoms with van der Waals surface area (Å²) in [6.07, 6.45) is 0.902. The van der Waals surface area contributed by atoms with Crippen molar-refractivity contribution in [2.75, 3.05) is 31.8 Å². The van der Waals surface area contributed by atoms with E-state index in [1.807, 2.05) is 32.2 Å². The first-order chi connectivity index (χ1) is 9.24. The molecule has 5 heteroatoms. The first-order valence-corrected chi connectivity index (χ1v) is 8.15. The standard InChI is InChI=1S/C14H21NO3S/c1-3-19(16)10-12(15-2)11-5-6-13-14(9-11)18-8-4-7-17-13/h5-6,9,12,15H,3-4,7-8,10H2,1-2H3. The number of benzene rings is 1. The molecule has 0 aromatic heterocycles. The molecular weight excluding hydrogens is 262 g/mol. The van der Waals surface area contributed by atoms with E-state index in [9.17, 15) is 4.21 Å². The molecule has 1 aromatic rings. The van der Waals surface area contributed by atoms with E-state index in [4.69, 9.17) is 9.47 Å². The Balaban J connectivity index is 2.19. The van der Waals surface area contributed by atoms with Gasteiger partial charge in [0.2, 0.25) is 0 Å². The summed E-state index contributed by atoms with van der Waals surface area (Å²) in [6.45, 7) is 3.32. The maximum Gasteiger partial charge on any atom is 0.161 e. The summed E-state index contributed by atoms with van der Waals surface area (Å²) in [5.74, 6) is 2.89. The molecule has 1 aliphatic heterocycles. The van der Waals surface area contributed by atoms with Crippen LogP contribution in [0.4, 0.5) is 0 Å². The van der Waals surface area contributed by atoms with Gasteiger partial charge in [0.25, 0.3) is 0 Å². The van der Waals surface area contributed by atoms with Crippen LogP contribution in [0.3, 0.4) is 0 Å². The van der Waals surface area contributed by atoms with Gasteiger partial charge in [-0.15, -0.1) is 0 Å². The average molecular weight is 283 g/mol. The summed E-state index contributed by atoms with van der Waals surface area (Å²) in [5.41, 5.74) is 1.09. The fourth-order valence-electron chi connectivity index (χ4n) is 2.05. The highest BCUT2D eigenvalue weighted by Crippen LogP contribution is 2.32. The van der Waals surface area contributed by atoms with Crippen LogP contribution in [0, 0.1) is 0 Å². The first kappa shape index (κ1) is 14.3. The van der Waals surface area contributed by atoms with Crippen LogP contribution >= 0.6 is 0 Å². The van der Waals surface area contributed by atoms with Gasteiger partial charge in [-0.3, -0.25) is 4.21 Å². The summed E-state index contributed by atoms with van der Waals surface area (Å²) < 4.78 is 23.0. The third-order valence-corrected chi connectivity index (χ3v) is 4.55. The van der Waals surface area contributed by atoms with E-state index < -0.39 is 10.8 Å². The summed E-state index contributed by atoms with van der Waals surface area (Å²) >= 11 is 0. The van der Waals surface area contributed by atoms with Crippen molar-refractivity contribution in [3.8, 4) is 11.5 Å². The molecule has 2 unspecified atom stereocenters. The largest absolute Gasteiger partial charge is 0.490 e. The molecule has 0 saturated heterocycles. The fourth-order valence-corrected chi connectivity index (χ4v) is 3.01. The van der Waals surface area contributed by atoms with Crippen molar-refractivity contribution < 1.29 is 13.7 Å². The lowest BCUT2D eigenvalue weighted by molar-refractivity contribution is 0.297. The quantitative estimate of drug-likeness (QED) is 0.896. The molecule has 0 aliphatic carbocycles. The number of fused-ring (bicyclic) bond motifs is 1. The van der Waals surface area contributed by atoms with Crippen LogP contribution in [0.25, 0.3) is 0 Å². The summed E-state index contributed by atoms with van der Waals surface area (Å²) in [7, 11) is 1.09. The van der Waals surface area contributed by atoms with Gasteiger partial charge in [0, 0.05) is 34.8 Å². The zero-order valence-electron chi connectivity index (χ0n) is 11.5. The van der Waals surface area contributed by atoms with E-state index in [0.717, 1.165) is 23.5 Å². The molecule has 19 heavy (non-hydrogen) atoms. The monoisotopic (exact) mass is 283 g/mol. The summed E-state index contributed by atoms with van der Waals surface area (Å²) in [5, 5.41) is 3.22. The van der Waals surface area contributed by atoms with E-state index in [1.165, 1.54) is 0 Å². The molecule has 0 bridgehead atoms. The van der Waals surface area contributed by atoms with Crippen molar-refractivity contribution in [2.24, 2.45) is 0 Å². The maximum atomic E-state index is 11.7. The van der Waals surface area contributed by atoms with Crippen LogP contribution in [0.15, 0.2) is 18.2 Å². The van der Waals surface area contributed by atoms with Gasteiger partial charge < -0.3 is 14.8 Å². The van der Waals surface area contributed by atoms with Gasteiger partial charge in [0.15, 0.2) is 11.5 Å². The van der Waals surface area contributed by atoms with Crippen molar-refractivity contribution in [1.29, 1.82) is 0 Å². The first-order valence-electron chi connectivity index (χ1n) is 6.66. The van der Waals surface area contributed by atoms with E-state index in [2.05, 4.69) is 5.32 Å². The van der Waals surface area contributed by atoms with Gasteiger partial charge in [0.05, 0.1) is 13.2 Å². The topological polar surface area (TPSA) is 47.6 Å². The van der Waals surface area contributed by atoms with E-state index in [1.54, 1.807) is 0 Å². The molecule has 0 amide bonds. The molecular formula is C14H21NO3S. The van der Waals surface area contributed by atoms with Crippen molar-refractivity contribution in [3.63, 3.8) is 0 Å². The summed E-state index contributed by atoms with van der Waals surface area (Å²) in [4.78, 5) is 0. The van der Waals surface area contributed by atoms with E-state index in [0.29, 0.717) is 24.7 Å². The highest BCUT2D eigenvalue weighted by Gasteiger charge is 2.16. The number of ether oxygens (including phenoxy) is 2. The van der Waals surface area contributed by atoms with Crippen LogP contribution < -0.4 is 14.8 Å².